The standard InChI is InChI=1S/C34H29NS/c1-5-8-15-24-22(4)20-21-28-31(24)32-26-17-10-9-16-25(26)30-27-18-11-12-19-29(27)36-34(30)33(32)35(28)23(13-6-2)14-7-3/h6-21H,2,5H2,1,3-4H3/b14-7-,15-8-,23-13+. The van der Waals surface area contributed by atoms with E-state index in [0.29, 0.717) is 0 Å². The Balaban J connectivity index is 2.02. The number of nitrogens with zero attached hydrogens (tertiary/aromatic N) is 1. The molecule has 36 heavy (non-hydrogen) atoms. The van der Waals surface area contributed by atoms with Gasteiger partial charge in [-0.2, -0.15) is 0 Å². The highest BCUT2D eigenvalue weighted by Gasteiger charge is 2.23. The maximum Gasteiger partial charge on any atom is 0.0726 e. The van der Waals surface area contributed by atoms with E-state index in [2.05, 4.69) is 123 Å². The van der Waals surface area contributed by atoms with Crippen LogP contribution in [0.4, 0.5) is 0 Å². The number of fused-ring (bicyclic) bond motifs is 10. The summed E-state index contributed by atoms with van der Waals surface area (Å²) in [5, 5.41) is 7.97. The Labute approximate surface area is 216 Å². The summed E-state index contributed by atoms with van der Waals surface area (Å²) >= 11 is 1.90. The van der Waals surface area contributed by atoms with Gasteiger partial charge in [0.1, 0.15) is 0 Å². The van der Waals surface area contributed by atoms with Crippen molar-refractivity contribution in [1.82, 2.24) is 4.57 Å². The molecule has 0 N–H and O–H groups in total. The van der Waals surface area contributed by atoms with E-state index in [1.165, 1.54) is 63.9 Å². The molecule has 0 aliphatic rings. The third-order valence-corrected chi connectivity index (χ3v) is 8.25. The predicted molar refractivity (Wildman–Crippen MR) is 163 cm³/mol. The first kappa shape index (κ1) is 22.6. The zero-order chi connectivity index (χ0) is 24.8. The molecule has 2 heteroatoms. The second kappa shape index (κ2) is 8.96. The fourth-order valence-electron chi connectivity index (χ4n) is 5.60. The summed E-state index contributed by atoms with van der Waals surface area (Å²) in [6.45, 7) is 10.5. The van der Waals surface area contributed by atoms with Crippen LogP contribution in [0.5, 0.6) is 0 Å². The number of allylic oxidation sites excluding steroid dienone is 6. The Hall–Kier alpha value is -3.88. The van der Waals surface area contributed by atoms with Crippen LogP contribution in [0.3, 0.4) is 0 Å². The molecule has 0 fully saturated rings. The summed E-state index contributed by atoms with van der Waals surface area (Å²) in [6.07, 6.45) is 13.9. The normalized spacial score (nSPS) is 13.0. The van der Waals surface area contributed by atoms with E-state index < -0.39 is 0 Å². The molecule has 6 aromatic rings. The number of hydrogen-bond acceptors (Lipinski definition) is 1. The van der Waals surface area contributed by atoms with Crippen molar-refractivity contribution in [3.63, 3.8) is 0 Å². The Morgan fingerprint density at radius 2 is 1.64 bits per heavy atom. The fourth-order valence-corrected chi connectivity index (χ4v) is 6.86. The van der Waals surface area contributed by atoms with Gasteiger partial charge in [-0.15, -0.1) is 11.3 Å². The highest BCUT2D eigenvalue weighted by atomic mass is 32.1. The Bertz CT molecular complexity index is 1900. The van der Waals surface area contributed by atoms with Crippen LogP contribution in [0.1, 0.15) is 31.4 Å². The van der Waals surface area contributed by atoms with E-state index >= 15 is 0 Å². The van der Waals surface area contributed by atoms with Gasteiger partial charge in [0.2, 0.25) is 0 Å². The summed E-state index contributed by atoms with van der Waals surface area (Å²) in [4.78, 5) is 0. The molecule has 0 saturated carbocycles. The lowest BCUT2D eigenvalue weighted by Crippen LogP contribution is -1.95. The van der Waals surface area contributed by atoms with Crippen LogP contribution in [0, 0.1) is 6.92 Å². The number of rotatable bonds is 5. The minimum atomic E-state index is 1.01. The van der Waals surface area contributed by atoms with E-state index in [1.54, 1.807) is 0 Å². The van der Waals surface area contributed by atoms with Gasteiger partial charge in [0.25, 0.3) is 0 Å². The van der Waals surface area contributed by atoms with E-state index in [4.69, 9.17) is 0 Å². The molecule has 0 saturated heterocycles. The minimum absolute atomic E-state index is 1.01. The van der Waals surface area contributed by atoms with Crippen molar-refractivity contribution in [2.24, 2.45) is 0 Å². The molecule has 2 aromatic heterocycles. The first-order valence-corrected chi connectivity index (χ1v) is 13.4. The smallest absolute Gasteiger partial charge is 0.0726 e. The summed E-state index contributed by atoms with van der Waals surface area (Å²) in [5.74, 6) is 0. The van der Waals surface area contributed by atoms with E-state index in [1.807, 2.05) is 17.4 Å². The van der Waals surface area contributed by atoms with Gasteiger partial charge in [-0.05, 0) is 66.5 Å². The third kappa shape index (κ3) is 3.22. The minimum Gasteiger partial charge on any atom is -0.308 e. The number of hydrogen-bond donors (Lipinski definition) is 0. The summed E-state index contributed by atoms with van der Waals surface area (Å²) in [7, 11) is 0. The first-order chi connectivity index (χ1) is 17.7. The summed E-state index contributed by atoms with van der Waals surface area (Å²) in [5.41, 5.74) is 6.24. The molecule has 0 bridgehead atoms. The maximum atomic E-state index is 4.04. The second-order valence-corrected chi connectivity index (χ2v) is 10.3. The van der Waals surface area contributed by atoms with Gasteiger partial charge < -0.3 is 4.57 Å². The van der Waals surface area contributed by atoms with Crippen molar-refractivity contribution in [3.8, 4) is 0 Å². The molecular weight excluding hydrogens is 454 g/mol. The molecule has 0 unspecified atom stereocenters. The zero-order valence-corrected chi connectivity index (χ0v) is 21.8. The van der Waals surface area contributed by atoms with Crippen molar-refractivity contribution in [3.05, 3.63) is 109 Å². The average Bonchev–Trinajstić information content (AvgIpc) is 3.45. The van der Waals surface area contributed by atoms with Crippen LogP contribution < -0.4 is 0 Å². The van der Waals surface area contributed by atoms with Gasteiger partial charge in [0.15, 0.2) is 0 Å². The molecule has 1 nitrogen and oxygen atoms in total. The van der Waals surface area contributed by atoms with E-state index in [0.717, 1.165) is 12.1 Å². The van der Waals surface area contributed by atoms with Crippen molar-refractivity contribution >= 4 is 75.9 Å². The van der Waals surface area contributed by atoms with Crippen LogP contribution >= 0.6 is 11.3 Å². The lowest BCUT2D eigenvalue weighted by molar-refractivity contribution is 1.23. The Morgan fingerprint density at radius 1 is 0.917 bits per heavy atom. The monoisotopic (exact) mass is 483 g/mol. The third-order valence-electron chi connectivity index (χ3n) is 7.07. The zero-order valence-electron chi connectivity index (χ0n) is 21.0. The Morgan fingerprint density at radius 3 is 2.36 bits per heavy atom. The summed E-state index contributed by atoms with van der Waals surface area (Å²) in [6, 6.07) is 22.3. The lowest BCUT2D eigenvalue weighted by atomic mass is 9.95. The molecule has 6 rings (SSSR count). The van der Waals surface area contributed by atoms with Crippen molar-refractivity contribution in [2.45, 2.75) is 27.2 Å². The van der Waals surface area contributed by atoms with Gasteiger partial charge in [-0.25, -0.2) is 0 Å². The summed E-state index contributed by atoms with van der Waals surface area (Å²) < 4.78 is 5.12. The molecule has 176 valence electrons. The molecular formula is C34H29NS. The van der Waals surface area contributed by atoms with Crippen LogP contribution in [0.15, 0.2) is 97.6 Å². The molecule has 0 aliphatic heterocycles. The highest BCUT2D eigenvalue weighted by molar-refractivity contribution is 7.27. The van der Waals surface area contributed by atoms with Crippen molar-refractivity contribution < 1.29 is 0 Å². The van der Waals surface area contributed by atoms with Gasteiger partial charge in [0, 0.05) is 31.9 Å². The van der Waals surface area contributed by atoms with Gasteiger partial charge in [-0.1, -0.05) is 86.3 Å². The Kier molecular flexibility index (Phi) is 5.62. The van der Waals surface area contributed by atoms with Crippen LogP contribution in [-0.4, -0.2) is 4.57 Å². The number of thiophene rings is 1. The molecule has 0 spiro atoms. The first-order valence-electron chi connectivity index (χ1n) is 12.6. The lowest BCUT2D eigenvalue weighted by Gasteiger charge is -2.11. The second-order valence-electron chi connectivity index (χ2n) is 9.24. The average molecular weight is 484 g/mol. The topological polar surface area (TPSA) is 4.93 Å². The molecule has 0 radical (unpaired) electrons. The van der Waals surface area contributed by atoms with Gasteiger partial charge in [0.05, 0.1) is 15.7 Å². The van der Waals surface area contributed by atoms with Crippen LogP contribution in [-0.2, 0) is 0 Å². The number of aromatic nitrogens is 1. The van der Waals surface area contributed by atoms with Crippen LogP contribution in [0.2, 0.25) is 0 Å². The van der Waals surface area contributed by atoms with Crippen molar-refractivity contribution in [2.75, 3.05) is 0 Å². The van der Waals surface area contributed by atoms with Crippen molar-refractivity contribution in [1.29, 1.82) is 0 Å². The van der Waals surface area contributed by atoms with Crippen LogP contribution in [0.25, 0.3) is 64.5 Å². The van der Waals surface area contributed by atoms with E-state index in [-0.39, 0.29) is 0 Å². The molecule has 2 heterocycles. The largest absolute Gasteiger partial charge is 0.308 e. The van der Waals surface area contributed by atoms with Gasteiger partial charge >= 0.3 is 0 Å². The highest BCUT2D eigenvalue weighted by Crippen LogP contribution is 2.48. The quantitative estimate of drug-likeness (QED) is 0.215. The molecule has 0 amide bonds. The SMILES string of the molecule is C=C/C=C(\C=C/C)n1c2ccc(C)c(/C=C\CC)c2c2c3ccccc3c3c4ccccc4sc3c21. The maximum absolute atomic E-state index is 4.04. The van der Waals surface area contributed by atoms with Gasteiger partial charge in [-0.3, -0.25) is 0 Å². The number of aryl methyl sites for hydroxylation is 1. The predicted octanol–water partition coefficient (Wildman–Crippen LogP) is 10.7. The number of benzene rings is 4. The van der Waals surface area contributed by atoms with E-state index in [9.17, 15) is 0 Å². The molecule has 0 atom stereocenters. The molecule has 4 aromatic carbocycles. The molecule has 0 aliphatic carbocycles. The fraction of sp³-hybridized carbons (Fsp3) is 0.118.